The summed E-state index contributed by atoms with van der Waals surface area (Å²) < 4.78 is 10.3. The Morgan fingerprint density at radius 3 is 1.47 bits per heavy atom. The smallest absolute Gasteiger partial charge is 0.271 e. The van der Waals surface area contributed by atoms with Gasteiger partial charge in [0.15, 0.2) is 0 Å². The number of benzene rings is 3. The van der Waals surface area contributed by atoms with Crippen molar-refractivity contribution in [3.8, 4) is 35.2 Å². The van der Waals surface area contributed by atoms with Crippen molar-refractivity contribution in [2.24, 2.45) is 0 Å². The van der Waals surface area contributed by atoms with E-state index >= 15 is 0 Å². The topological polar surface area (TPSA) is 55.8 Å². The highest BCUT2D eigenvalue weighted by Crippen LogP contribution is 2.23. The van der Waals surface area contributed by atoms with Crippen LogP contribution in [0.15, 0.2) is 90.0 Å². The van der Waals surface area contributed by atoms with Gasteiger partial charge in [0, 0.05) is 11.1 Å². The van der Waals surface area contributed by atoms with E-state index in [0.29, 0.717) is 22.6 Å². The zero-order valence-corrected chi connectivity index (χ0v) is 18.8. The molecule has 0 fully saturated rings. The molecule has 0 radical (unpaired) electrons. The summed E-state index contributed by atoms with van der Waals surface area (Å²) in [5.74, 6) is 12.2. The standard InChI is InChI=1S/C29H21NO4/c1-33-24-14-8-21(9-15-24)12-18-26-27(19-13-22-10-16-25(34-2)17-11-22)29(32)30(28(26)31)20-23-6-4-3-5-7-23/h3-11,14-17H,20H2,1-2H3. The van der Waals surface area contributed by atoms with E-state index in [-0.39, 0.29) is 17.7 Å². The number of hydrogen-bond donors (Lipinski definition) is 0. The van der Waals surface area contributed by atoms with Crippen LogP contribution in [0.3, 0.4) is 0 Å². The fraction of sp³-hybridized carbons (Fsp3) is 0.103. The van der Waals surface area contributed by atoms with E-state index in [0.717, 1.165) is 5.56 Å². The maximum absolute atomic E-state index is 13.2. The summed E-state index contributed by atoms with van der Waals surface area (Å²) in [6.07, 6.45) is 0. The molecule has 34 heavy (non-hydrogen) atoms. The zero-order valence-electron chi connectivity index (χ0n) is 18.8. The minimum atomic E-state index is -0.450. The number of carbonyl (C=O) groups excluding carboxylic acids is 2. The first-order valence-corrected chi connectivity index (χ1v) is 10.6. The number of rotatable bonds is 4. The molecule has 1 heterocycles. The quantitative estimate of drug-likeness (QED) is 0.449. The van der Waals surface area contributed by atoms with Gasteiger partial charge in [-0.3, -0.25) is 14.5 Å². The van der Waals surface area contributed by atoms with E-state index < -0.39 is 11.8 Å². The summed E-state index contributed by atoms with van der Waals surface area (Å²) in [6.45, 7) is 0.153. The van der Waals surface area contributed by atoms with Crippen molar-refractivity contribution in [1.29, 1.82) is 0 Å². The SMILES string of the molecule is COc1ccc(C#CC2=C(C#Cc3ccc(OC)cc3)C(=O)N(Cc3ccccc3)C2=O)cc1. The number of carbonyl (C=O) groups is 2. The second-order valence-electron chi connectivity index (χ2n) is 7.39. The number of imide groups is 1. The van der Waals surface area contributed by atoms with Gasteiger partial charge in [-0.05, 0) is 54.1 Å². The van der Waals surface area contributed by atoms with Gasteiger partial charge >= 0.3 is 0 Å². The summed E-state index contributed by atoms with van der Waals surface area (Å²) in [5.41, 5.74) is 2.42. The molecule has 5 heteroatoms. The van der Waals surface area contributed by atoms with Crippen molar-refractivity contribution < 1.29 is 19.1 Å². The second kappa shape index (κ2) is 10.3. The number of methoxy groups -OCH3 is 2. The van der Waals surface area contributed by atoms with Crippen LogP contribution in [0.5, 0.6) is 11.5 Å². The highest BCUT2D eigenvalue weighted by molar-refractivity contribution is 6.23. The van der Waals surface area contributed by atoms with Gasteiger partial charge in [-0.25, -0.2) is 0 Å². The van der Waals surface area contributed by atoms with Crippen LogP contribution in [0.4, 0.5) is 0 Å². The minimum Gasteiger partial charge on any atom is -0.497 e. The van der Waals surface area contributed by atoms with Crippen LogP contribution in [-0.2, 0) is 16.1 Å². The summed E-state index contributed by atoms with van der Waals surface area (Å²) in [7, 11) is 3.17. The Hall–Kier alpha value is -4.74. The Morgan fingerprint density at radius 1 is 0.618 bits per heavy atom. The zero-order chi connectivity index (χ0) is 23.9. The summed E-state index contributed by atoms with van der Waals surface area (Å²) in [6, 6.07) is 23.6. The first-order chi connectivity index (χ1) is 16.6. The lowest BCUT2D eigenvalue weighted by Gasteiger charge is -2.14. The largest absolute Gasteiger partial charge is 0.497 e. The fourth-order valence-electron chi connectivity index (χ4n) is 3.34. The first kappa shape index (κ1) is 22.5. The van der Waals surface area contributed by atoms with Crippen LogP contribution in [-0.4, -0.2) is 30.9 Å². The van der Waals surface area contributed by atoms with E-state index in [1.165, 1.54) is 4.90 Å². The Balaban J connectivity index is 1.70. The van der Waals surface area contributed by atoms with Crippen molar-refractivity contribution in [2.75, 3.05) is 14.2 Å². The molecule has 0 unspecified atom stereocenters. The third-order valence-corrected chi connectivity index (χ3v) is 5.20. The van der Waals surface area contributed by atoms with Gasteiger partial charge in [-0.2, -0.15) is 0 Å². The van der Waals surface area contributed by atoms with E-state index in [1.54, 1.807) is 62.8 Å². The molecule has 0 spiro atoms. The molecule has 5 nitrogen and oxygen atoms in total. The molecule has 0 atom stereocenters. The van der Waals surface area contributed by atoms with Gasteiger partial charge in [-0.15, -0.1) is 0 Å². The molecule has 0 aromatic heterocycles. The maximum Gasteiger partial charge on any atom is 0.271 e. The van der Waals surface area contributed by atoms with Crippen molar-refractivity contribution in [3.63, 3.8) is 0 Å². The molecule has 0 N–H and O–H groups in total. The Kier molecular flexibility index (Phi) is 6.77. The average molecular weight is 447 g/mol. The van der Waals surface area contributed by atoms with Gasteiger partial charge in [0.1, 0.15) is 22.6 Å². The molecule has 0 saturated carbocycles. The summed E-state index contributed by atoms with van der Waals surface area (Å²) in [5, 5.41) is 0. The summed E-state index contributed by atoms with van der Waals surface area (Å²) in [4.78, 5) is 27.6. The average Bonchev–Trinajstić information content (AvgIpc) is 3.11. The number of hydrogen-bond acceptors (Lipinski definition) is 4. The molecule has 3 aromatic rings. The number of amides is 2. The van der Waals surface area contributed by atoms with E-state index in [2.05, 4.69) is 23.7 Å². The minimum absolute atomic E-state index is 0.0951. The highest BCUT2D eigenvalue weighted by atomic mass is 16.5. The van der Waals surface area contributed by atoms with Crippen LogP contribution in [0, 0.1) is 23.7 Å². The molecular weight excluding hydrogens is 426 g/mol. The predicted octanol–water partition coefficient (Wildman–Crippen LogP) is 3.97. The van der Waals surface area contributed by atoms with Gasteiger partial charge in [0.2, 0.25) is 0 Å². The predicted molar refractivity (Wildman–Crippen MR) is 129 cm³/mol. The third kappa shape index (κ3) is 5.01. The van der Waals surface area contributed by atoms with Gasteiger partial charge in [0.05, 0.1) is 20.8 Å². The van der Waals surface area contributed by atoms with Gasteiger partial charge in [-0.1, -0.05) is 54.0 Å². The number of nitrogens with zero attached hydrogens (tertiary/aromatic N) is 1. The Bertz CT molecular complexity index is 1280. The maximum atomic E-state index is 13.2. The Labute approximate surface area is 198 Å². The van der Waals surface area contributed by atoms with Crippen LogP contribution >= 0.6 is 0 Å². The Morgan fingerprint density at radius 2 is 1.06 bits per heavy atom. The van der Waals surface area contributed by atoms with Crippen LogP contribution in [0.1, 0.15) is 16.7 Å². The molecule has 1 aliphatic rings. The molecule has 1 aliphatic heterocycles. The fourth-order valence-corrected chi connectivity index (χ4v) is 3.34. The molecule has 3 aromatic carbocycles. The lowest BCUT2D eigenvalue weighted by molar-refractivity contribution is -0.137. The normalized spacial score (nSPS) is 12.6. The third-order valence-electron chi connectivity index (χ3n) is 5.20. The van der Waals surface area contributed by atoms with Crippen molar-refractivity contribution in [1.82, 2.24) is 4.90 Å². The van der Waals surface area contributed by atoms with E-state index in [9.17, 15) is 9.59 Å². The second-order valence-corrected chi connectivity index (χ2v) is 7.39. The van der Waals surface area contributed by atoms with E-state index in [1.807, 2.05) is 30.3 Å². The summed E-state index contributed by atoms with van der Waals surface area (Å²) >= 11 is 0. The van der Waals surface area contributed by atoms with Crippen LogP contribution in [0.2, 0.25) is 0 Å². The molecule has 166 valence electrons. The lowest BCUT2D eigenvalue weighted by atomic mass is 10.1. The van der Waals surface area contributed by atoms with Gasteiger partial charge in [0.25, 0.3) is 11.8 Å². The monoisotopic (exact) mass is 447 g/mol. The van der Waals surface area contributed by atoms with Crippen molar-refractivity contribution in [3.05, 3.63) is 107 Å². The van der Waals surface area contributed by atoms with Crippen molar-refractivity contribution in [2.45, 2.75) is 6.54 Å². The van der Waals surface area contributed by atoms with E-state index in [4.69, 9.17) is 9.47 Å². The van der Waals surface area contributed by atoms with Crippen molar-refractivity contribution >= 4 is 11.8 Å². The molecule has 2 amide bonds. The van der Waals surface area contributed by atoms with Crippen LogP contribution in [0.25, 0.3) is 0 Å². The van der Waals surface area contributed by atoms with Gasteiger partial charge < -0.3 is 9.47 Å². The highest BCUT2D eigenvalue weighted by Gasteiger charge is 2.37. The molecule has 0 saturated heterocycles. The lowest BCUT2D eigenvalue weighted by Crippen LogP contribution is -2.31. The molecular formula is C29H21NO4. The molecule has 0 aliphatic carbocycles. The number of ether oxygens (including phenoxy) is 2. The first-order valence-electron chi connectivity index (χ1n) is 10.6. The molecule has 4 rings (SSSR count). The van der Waals surface area contributed by atoms with Crippen LogP contribution < -0.4 is 9.47 Å². The molecule has 0 bridgehead atoms.